The van der Waals surface area contributed by atoms with Gasteiger partial charge in [0.05, 0.1) is 11.9 Å². The second-order valence-corrected chi connectivity index (χ2v) is 3.32. The van der Waals surface area contributed by atoms with Gasteiger partial charge in [0.1, 0.15) is 0 Å². The number of halogens is 2. The second kappa shape index (κ2) is 5.32. The van der Waals surface area contributed by atoms with Crippen molar-refractivity contribution in [2.24, 2.45) is 0 Å². The summed E-state index contributed by atoms with van der Waals surface area (Å²) in [4.78, 5) is 0. The predicted molar refractivity (Wildman–Crippen MR) is 66.5 cm³/mol. The molecule has 0 fully saturated rings. The average Bonchev–Trinajstić information content (AvgIpc) is 2.67. The summed E-state index contributed by atoms with van der Waals surface area (Å²) in [5, 5.41) is 5.09. The third-order valence-electron chi connectivity index (χ3n) is 1.81. The third-order valence-corrected chi connectivity index (χ3v) is 2.46. The number of hydrogen-bond donors (Lipinski definition) is 0. The summed E-state index contributed by atoms with van der Waals surface area (Å²) in [6.07, 6.45) is 3.88. The van der Waals surface area contributed by atoms with Gasteiger partial charge in [0.2, 0.25) is 0 Å². The zero-order valence-electron chi connectivity index (χ0n) is 7.43. The van der Waals surface area contributed by atoms with Gasteiger partial charge in [-0.1, -0.05) is 34.1 Å². The van der Waals surface area contributed by atoms with E-state index in [2.05, 4.69) is 21.0 Å². The van der Waals surface area contributed by atoms with Crippen molar-refractivity contribution in [3.63, 3.8) is 0 Å². The first kappa shape index (κ1) is 11.5. The Balaban J connectivity index is 0.000000980. The van der Waals surface area contributed by atoms with E-state index in [-0.39, 0.29) is 17.0 Å². The van der Waals surface area contributed by atoms with Crippen molar-refractivity contribution in [3.8, 4) is 5.69 Å². The minimum Gasteiger partial charge on any atom is -0.241 e. The predicted octanol–water partition coefficient (Wildman–Crippen LogP) is 3.35. The molecule has 0 aliphatic heterocycles. The van der Waals surface area contributed by atoms with Gasteiger partial charge in [-0.3, -0.25) is 0 Å². The Bertz CT molecular complexity index is 384. The first-order chi connectivity index (χ1) is 6.40. The SMILES string of the molecule is Br.BrCc1cnn(-c2ccccc2)c1. The monoisotopic (exact) mass is 316 g/mol. The highest BCUT2D eigenvalue weighted by atomic mass is 79.9. The molecule has 0 aliphatic carbocycles. The van der Waals surface area contributed by atoms with Crippen LogP contribution in [0.2, 0.25) is 0 Å². The minimum atomic E-state index is 0. The maximum absolute atomic E-state index is 4.24. The van der Waals surface area contributed by atoms with Crippen LogP contribution in [0.25, 0.3) is 5.69 Å². The summed E-state index contributed by atoms with van der Waals surface area (Å²) in [6.45, 7) is 0. The molecule has 2 nitrogen and oxygen atoms in total. The molecular weight excluding hydrogens is 308 g/mol. The van der Waals surface area contributed by atoms with Crippen LogP contribution < -0.4 is 0 Å². The van der Waals surface area contributed by atoms with E-state index < -0.39 is 0 Å². The van der Waals surface area contributed by atoms with Gasteiger partial charge < -0.3 is 0 Å². The fraction of sp³-hybridized carbons (Fsp3) is 0.100. The number of nitrogens with zero attached hydrogens (tertiary/aromatic N) is 2. The summed E-state index contributed by atoms with van der Waals surface area (Å²) < 4.78 is 1.87. The smallest absolute Gasteiger partial charge is 0.0645 e. The van der Waals surface area contributed by atoms with E-state index in [4.69, 9.17) is 0 Å². The highest BCUT2D eigenvalue weighted by molar-refractivity contribution is 9.08. The highest BCUT2D eigenvalue weighted by Crippen LogP contribution is 2.09. The van der Waals surface area contributed by atoms with Gasteiger partial charge in [0.15, 0.2) is 0 Å². The van der Waals surface area contributed by atoms with Crippen LogP contribution in [0.3, 0.4) is 0 Å². The molecule has 1 aromatic carbocycles. The fourth-order valence-electron chi connectivity index (χ4n) is 1.15. The van der Waals surface area contributed by atoms with Gasteiger partial charge in [0.25, 0.3) is 0 Å². The van der Waals surface area contributed by atoms with E-state index in [1.165, 1.54) is 5.56 Å². The zero-order chi connectivity index (χ0) is 9.10. The Morgan fingerprint density at radius 2 is 1.93 bits per heavy atom. The molecular formula is C10H10Br2N2. The fourth-order valence-corrected chi connectivity index (χ4v) is 1.44. The number of para-hydroxylation sites is 1. The quantitative estimate of drug-likeness (QED) is 0.777. The normalized spacial score (nSPS) is 9.50. The van der Waals surface area contributed by atoms with Crippen LogP contribution >= 0.6 is 32.9 Å². The van der Waals surface area contributed by atoms with Crippen molar-refractivity contribution in [2.45, 2.75) is 5.33 Å². The van der Waals surface area contributed by atoms with Crippen LogP contribution in [0.5, 0.6) is 0 Å². The number of alkyl halides is 1. The van der Waals surface area contributed by atoms with Crippen molar-refractivity contribution >= 4 is 32.9 Å². The van der Waals surface area contributed by atoms with Crippen molar-refractivity contribution in [1.82, 2.24) is 9.78 Å². The van der Waals surface area contributed by atoms with E-state index in [0.29, 0.717) is 0 Å². The van der Waals surface area contributed by atoms with Crippen LogP contribution in [0.4, 0.5) is 0 Å². The largest absolute Gasteiger partial charge is 0.241 e. The molecule has 0 amide bonds. The summed E-state index contributed by atoms with van der Waals surface area (Å²) in [6, 6.07) is 10.1. The lowest BCUT2D eigenvalue weighted by Gasteiger charge is -1.98. The van der Waals surface area contributed by atoms with E-state index in [1.54, 1.807) is 0 Å². The molecule has 1 heterocycles. The van der Waals surface area contributed by atoms with Crippen molar-refractivity contribution in [3.05, 3.63) is 48.3 Å². The standard InChI is InChI=1S/C10H9BrN2.BrH/c11-6-9-7-12-13(8-9)10-4-2-1-3-5-10;/h1-5,7-8H,6H2;1H. The first-order valence-corrected chi connectivity index (χ1v) is 5.17. The van der Waals surface area contributed by atoms with Gasteiger partial charge in [0, 0.05) is 17.1 Å². The Labute approximate surface area is 102 Å². The van der Waals surface area contributed by atoms with Gasteiger partial charge in [-0.2, -0.15) is 5.10 Å². The molecule has 0 atom stereocenters. The lowest BCUT2D eigenvalue weighted by Crippen LogP contribution is -1.92. The molecule has 2 aromatic rings. The number of aromatic nitrogens is 2. The van der Waals surface area contributed by atoms with Crippen LogP contribution in [0, 0.1) is 0 Å². The molecule has 0 saturated carbocycles. The van der Waals surface area contributed by atoms with Crippen molar-refractivity contribution in [2.75, 3.05) is 0 Å². The maximum Gasteiger partial charge on any atom is 0.0645 e. The van der Waals surface area contributed by atoms with Crippen LogP contribution in [0.1, 0.15) is 5.56 Å². The molecule has 0 saturated heterocycles. The summed E-state index contributed by atoms with van der Waals surface area (Å²) >= 11 is 3.39. The maximum atomic E-state index is 4.24. The topological polar surface area (TPSA) is 17.8 Å². The van der Waals surface area contributed by atoms with E-state index in [9.17, 15) is 0 Å². The van der Waals surface area contributed by atoms with Crippen LogP contribution in [-0.2, 0) is 5.33 Å². The average molecular weight is 318 g/mol. The number of benzene rings is 1. The molecule has 74 valence electrons. The van der Waals surface area contributed by atoms with Crippen LogP contribution in [0.15, 0.2) is 42.7 Å². The highest BCUT2D eigenvalue weighted by Gasteiger charge is 1.97. The number of hydrogen-bond acceptors (Lipinski definition) is 1. The molecule has 0 aliphatic rings. The molecule has 0 bridgehead atoms. The van der Waals surface area contributed by atoms with Gasteiger partial charge >= 0.3 is 0 Å². The molecule has 14 heavy (non-hydrogen) atoms. The second-order valence-electron chi connectivity index (χ2n) is 2.76. The third kappa shape index (κ3) is 2.45. The minimum absolute atomic E-state index is 0. The Morgan fingerprint density at radius 3 is 2.50 bits per heavy atom. The van der Waals surface area contributed by atoms with E-state index in [0.717, 1.165) is 11.0 Å². The van der Waals surface area contributed by atoms with Crippen molar-refractivity contribution in [1.29, 1.82) is 0 Å². The Morgan fingerprint density at radius 1 is 1.21 bits per heavy atom. The molecule has 0 N–H and O–H groups in total. The molecule has 2 rings (SSSR count). The summed E-state index contributed by atoms with van der Waals surface area (Å²) in [7, 11) is 0. The number of rotatable bonds is 2. The Kier molecular flexibility index (Phi) is 4.35. The van der Waals surface area contributed by atoms with Crippen molar-refractivity contribution < 1.29 is 0 Å². The van der Waals surface area contributed by atoms with Gasteiger partial charge in [-0.15, -0.1) is 17.0 Å². The molecule has 0 radical (unpaired) electrons. The Hall–Kier alpha value is -0.610. The lowest BCUT2D eigenvalue weighted by atomic mass is 10.3. The summed E-state index contributed by atoms with van der Waals surface area (Å²) in [5.74, 6) is 0. The molecule has 0 spiro atoms. The van der Waals surface area contributed by atoms with Crippen LogP contribution in [-0.4, -0.2) is 9.78 Å². The lowest BCUT2D eigenvalue weighted by molar-refractivity contribution is 0.880. The van der Waals surface area contributed by atoms with E-state index in [1.807, 2.05) is 47.4 Å². The summed E-state index contributed by atoms with van der Waals surface area (Å²) in [5.41, 5.74) is 2.28. The molecule has 0 unspecified atom stereocenters. The first-order valence-electron chi connectivity index (χ1n) is 4.05. The van der Waals surface area contributed by atoms with Gasteiger partial charge in [-0.25, -0.2) is 4.68 Å². The van der Waals surface area contributed by atoms with E-state index >= 15 is 0 Å². The molecule has 4 heteroatoms. The molecule has 1 aromatic heterocycles. The zero-order valence-corrected chi connectivity index (χ0v) is 10.7. The van der Waals surface area contributed by atoms with Gasteiger partial charge in [-0.05, 0) is 12.1 Å².